The summed E-state index contributed by atoms with van der Waals surface area (Å²) in [6.45, 7) is 0.0478. The van der Waals surface area contributed by atoms with Crippen LogP contribution < -0.4 is 10.1 Å². The molecule has 2 rings (SSSR count). The molecule has 0 fully saturated rings. The number of anilines is 1. The van der Waals surface area contributed by atoms with Gasteiger partial charge in [-0.3, -0.25) is 4.68 Å². The fourth-order valence-corrected chi connectivity index (χ4v) is 3.05. The monoisotopic (exact) mass is 456 g/mol. The van der Waals surface area contributed by atoms with Gasteiger partial charge in [-0.2, -0.15) is 27.1 Å². The fraction of sp³-hybridized carbons (Fsp3) is 0.471. The number of aromatic carboxylic acids is 1. The molecule has 166 valence electrons. The van der Waals surface area contributed by atoms with E-state index in [1.165, 1.54) is 11.6 Å². The third-order valence-electron chi connectivity index (χ3n) is 4.06. The van der Waals surface area contributed by atoms with Crippen molar-refractivity contribution in [1.82, 2.24) is 14.8 Å². The summed E-state index contributed by atoms with van der Waals surface area (Å²) in [5.41, 5.74) is -0.597. The van der Waals surface area contributed by atoms with Crippen LogP contribution in [0.1, 0.15) is 37.2 Å². The molecule has 0 aromatic carbocycles. The van der Waals surface area contributed by atoms with Crippen LogP contribution in [-0.4, -0.2) is 44.7 Å². The van der Waals surface area contributed by atoms with Crippen LogP contribution >= 0.6 is 11.6 Å². The average Bonchev–Trinajstić information content (AvgIpc) is 2.96. The van der Waals surface area contributed by atoms with Gasteiger partial charge in [0.2, 0.25) is 0 Å². The summed E-state index contributed by atoms with van der Waals surface area (Å²) in [6.07, 6.45) is -4.41. The summed E-state index contributed by atoms with van der Waals surface area (Å²) < 4.78 is 69.6. The molecule has 0 saturated heterocycles. The SMILES string of the molecule is CCC(CC(F)(F)F)Nc1cc(OC(F)F)c(-c2c(Cl)c(C(=O)O)nn2CC)cn1. The number of carboxylic acids is 1. The van der Waals surface area contributed by atoms with Crippen molar-refractivity contribution in [2.24, 2.45) is 0 Å². The third kappa shape index (κ3) is 5.71. The second kappa shape index (κ2) is 9.45. The van der Waals surface area contributed by atoms with Gasteiger partial charge >= 0.3 is 18.8 Å². The summed E-state index contributed by atoms with van der Waals surface area (Å²) in [7, 11) is 0. The van der Waals surface area contributed by atoms with Gasteiger partial charge in [0.25, 0.3) is 0 Å². The quantitative estimate of drug-likeness (QED) is 0.513. The smallest absolute Gasteiger partial charge is 0.391 e. The van der Waals surface area contributed by atoms with Crippen molar-refractivity contribution in [1.29, 1.82) is 0 Å². The number of hydrogen-bond donors (Lipinski definition) is 2. The lowest BCUT2D eigenvalue weighted by molar-refractivity contribution is -0.137. The van der Waals surface area contributed by atoms with Crippen LogP contribution in [0.4, 0.5) is 27.8 Å². The first-order valence-corrected chi connectivity index (χ1v) is 9.12. The Balaban J connectivity index is 2.51. The van der Waals surface area contributed by atoms with E-state index in [9.17, 15) is 31.9 Å². The first-order chi connectivity index (χ1) is 14.0. The molecule has 30 heavy (non-hydrogen) atoms. The van der Waals surface area contributed by atoms with Crippen molar-refractivity contribution in [2.75, 3.05) is 5.32 Å². The molecule has 0 aliphatic rings. The maximum atomic E-state index is 13.0. The molecule has 13 heteroatoms. The molecule has 2 N–H and O–H groups in total. The molecule has 0 aliphatic carbocycles. The number of aryl methyl sites for hydroxylation is 1. The molecule has 1 atom stereocenters. The summed E-state index contributed by atoms with van der Waals surface area (Å²) >= 11 is 6.09. The predicted octanol–water partition coefficient (Wildman–Crippen LogP) is 5.06. The Bertz CT molecular complexity index is 904. The molecule has 2 aromatic rings. The number of hydrogen-bond acceptors (Lipinski definition) is 5. The summed E-state index contributed by atoms with van der Waals surface area (Å²) in [5, 5.41) is 15.2. The average molecular weight is 457 g/mol. The lowest BCUT2D eigenvalue weighted by Gasteiger charge is -2.20. The van der Waals surface area contributed by atoms with Crippen LogP contribution in [0.5, 0.6) is 5.75 Å². The first-order valence-electron chi connectivity index (χ1n) is 8.74. The van der Waals surface area contributed by atoms with E-state index in [2.05, 4.69) is 20.1 Å². The van der Waals surface area contributed by atoms with Crippen LogP contribution in [0.3, 0.4) is 0 Å². The summed E-state index contributed by atoms with van der Waals surface area (Å²) in [5.74, 6) is -1.99. The zero-order chi connectivity index (χ0) is 22.6. The summed E-state index contributed by atoms with van der Waals surface area (Å²) in [4.78, 5) is 15.3. The Morgan fingerprint density at radius 1 is 1.37 bits per heavy atom. The second-order valence-electron chi connectivity index (χ2n) is 6.15. The molecular formula is C17H18ClF5N4O3. The maximum Gasteiger partial charge on any atom is 0.391 e. The van der Waals surface area contributed by atoms with Gasteiger partial charge in [0, 0.05) is 24.8 Å². The Kier molecular flexibility index (Phi) is 7.45. The van der Waals surface area contributed by atoms with Gasteiger partial charge in [-0.05, 0) is 13.3 Å². The number of carbonyl (C=O) groups is 1. The van der Waals surface area contributed by atoms with E-state index >= 15 is 0 Å². The molecule has 7 nitrogen and oxygen atoms in total. The highest BCUT2D eigenvalue weighted by Gasteiger charge is 2.31. The first kappa shape index (κ1) is 23.6. The second-order valence-corrected chi connectivity index (χ2v) is 6.52. The van der Waals surface area contributed by atoms with Crippen LogP contribution in [-0.2, 0) is 6.54 Å². The van der Waals surface area contributed by atoms with Gasteiger partial charge in [0.1, 0.15) is 16.6 Å². The molecule has 0 saturated carbocycles. The molecule has 1 unspecified atom stereocenters. The minimum Gasteiger partial charge on any atom is -0.476 e. The molecule has 2 heterocycles. The zero-order valence-electron chi connectivity index (χ0n) is 15.8. The van der Waals surface area contributed by atoms with Crippen LogP contribution in [0.15, 0.2) is 12.3 Å². The summed E-state index contributed by atoms with van der Waals surface area (Å²) in [6, 6.07) is -0.0317. The molecule has 0 radical (unpaired) electrons. The number of carboxylic acid groups (broad SMARTS) is 1. The molecular weight excluding hydrogens is 439 g/mol. The molecule has 0 amide bonds. The number of nitrogens with zero attached hydrogens (tertiary/aromatic N) is 3. The highest BCUT2D eigenvalue weighted by Crippen LogP contribution is 2.38. The van der Waals surface area contributed by atoms with E-state index in [0.29, 0.717) is 0 Å². The predicted molar refractivity (Wildman–Crippen MR) is 98.1 cm³/mol. The largest absolute Gasteiger partial charge is 0.476 e. The van der Waals surface area contributed by atoms with Crippen molar-refractivity contribution in [3.8, 4) is 17.0 Å². The molecule has 0 bridgehead atoms. The molecule has 0 aliphatic heterocycles. The van der Waals surface area contributed by atoms with E-state index in [4.69, 9.17) is 11.6 Å². The normalized spacial score (nSPS) is 12.8. The number of ether oxygens (including phenoxy) is 1. The number of pyridine rings is 1. The third-order valence-corrected chi connectivity index (χ3v) is 4.41. The van der Waals surface area contributed by atoms with Crippen LogP contribution in [0.25, 0.3) is 11.3 Å². The van der Waals surface area contributed by atoms with Crippen molar-refractivity contribution in [2.45, 2.75) is 52.1 Å². The topological polar surface area (TPSA) is 89.3 Å². The van der Waals surface area contributed by atoms with Crippen molar-refractivity contribution < 1.29 is 36.6 Å². The van der Waals surface area contributed by atoms with E-state index in [1.807, 2.05) is 0 Å². The number of rotatable bonds is 9. The van der Waals surface area contributed by atoms with Crippen molar-refractivity contribution in [3.63, 3.8) is 0 Å². The standard InChI is InChI=1S/C17H18ClF5N4O3/c1-3-8(6-17(21,22)23)25-11-5-10(30-16(19)20)9(7-24-11)14-12(18)13(15(28)29)26-27(14)4-2/h5,7-8,16H,3-4,6H2,1-2H3,(H,24,25)(H,28,29). The van der Waals surface area contributed by atoms with Crippen molar-refractivity contribution in [3.05, 3.63) is 23.0 Å². The lowest BCUT2D eigenvalue weighted by Crippen LogP contribution is -2.26. The van der Waals surface area contributed by atoms with E-state index in [1.54, 1.807) is 6.92 Å². The van der Waals surface area contributed by atoms with Gasteiger partial charge in [-0.25, -0.2) is 9.78 Å². The Morgan fingerprint density at radius 3 is 2.53 bits per heavy atom. The van der Waals surface area contributed by atoms with Gasteiger partial charge in [0.05, 0.1) is 17.7 Å². The maximum absolute atomic E-state index is 13.0. The van der Waals surface area contributed by atoms with E-state index in [-0.39, 0.29) is 35.1 Å². The minimum atomic E-state index is -4.43. The Morgan fingerprint density at radius 2 is 2.03 bits per heavy atom. The van der Waals surface area contributed by atoms with Gasteiger partial charge in [0.15, 0.2) is 5.69 Å². The zero-order valence-corrected chi connectivity index (χ0v) is 16.6. The van der Waals surface area contributed by atoms with Gasteiger partial charge in [-0.1, -0.05) is 18.5 Å². The lowest BCUT2D eigenvalue weighted by atomic mass is 10.1. The molecule has 2 aromatic heterocycles. The van der Waals surface area contributed by atoms with E-state index < -0.39 is 42.7 Å². The van der Waals surface area contributed by atoms with Crippen LogP contribution in [0, 0.1) is 0 Å². The minimum absolute atomic E-state index is 0.0198. The molecule has 0 spiro atoms. The Labute approximate surface area is 172 Å². The number of halogens is 6. The van der Waals surface area contributed by atoms with Crippen molar-refractivity contribution >= 4 is 23.4 Å². The number of alkyl halides is 5. The Hall–Kier alpha value is -2.63. The number of aromatic nitrogens is 3. The van der Waals surface area contributed by atoms with E-state index in [0.717, 1.165) is 12.3 Å². The van der Waals surface area contributed by atoms with Crippen LogP contribution in [0.2, 0.25) is 5.02 Å². The number of nitrogens with one attached hydrogen (secondary N) is 1. The van der Waals surface area contributed by atoms with Gasteiger partial charge in [-0.15, -0.1) is 0 Å². The fourth-order valence-electron chi connectivity index (χ4n) is 2.74. The van der Waals surface area contributed by atoms with Gasteiger partial charge < -0.3 is 15.2 Å². The highest BCUT2D eigenvalue weighted by molar-refractivity contribution is 6.35. The highest BCUT2D eigenvalue weighted by atomic mass is 35.5.